The number of aromatic nitrogens is 1. The van der Waals surface area contributed by atoms with Crippen molar-refractivity contribution in [1.82, 2.24) is 4.98 Å². The summed E-state index contributed by atoms with van der Waals surface area (Å²) >= 11 is 1.38. The van der Waals surface area contributed by atoms with Crippen LogP contribution in [0.15, 0.2) is 54.1 Å². The van der Waals surface area contributed by atoms with Crippen LogP contribution in [0.3, 0.4) is 0 Å². The molecule has 0 aliphatic rings. The van der Waals surface area contributed by atoms with E-state index >= 15 is 0 Å². The smallest absolute Gasteiger partial charge is 0.268 e. The summed E-state index contributed by atoms with van der Waals surface area (Å²) in [6.45, 7) is 3.92. The second kappa shape index (κ2) is 8.51. The number of aryl methyl sites for hydroxylation is 2. The zero-order chi connectivity index (χ0) is 20.1. The van der Waals surface area contributed by atoms with E-state index in [4.69, 9.17) is 4.74 Å². The topological polar surface area (TPSA) is 75.0 Å². The van der Waals surface area contributed by atoms with E-state index in [-0.39, 0.29) is 5.57 Å². The number of rotatable bonds is 5. The molecule has 1 amide bonds. The molecule has 1 aromatic heterocycles. The fourth-order valence-electron chi connectivity index (χ4n) is 2.77. The monoisotopic (exact) mass is 389 g/mol. The number of anilines is 1. The van der Waals surface area contributed by atoms with Crippen LogP contribution in [0.4, 0.5) is 5.13 Å². The third-order valence-electron chi connectivity index (χ3n) is 4.16. The van der Waals surface area contributed by atoms with E-state index in [2.05, 4.69) is 10.3 Å². The Bertz CT molecular complexity index is 1080. The Morgan fingerprint density at radius 1 is 1.21 bits per heavy atom. The van der Waals surface area contributed by atoms with Crippen LogP contribution < -0.4 is 10.1 Å². The summed E-state index contributed by atoms with van der Waals surface area (Å²) in [6.07, 6.45) is 1.56. The van der Waals surface area contributed by atoms with Crippen LogP contribution >= 0.6 is 11.3 Å². The van der Waals surface area contributed by atoms with Crippen molar-refractivity contribution in [3.05, 3.63) is 70.1 Å². The fraction of sp³-hybridized carbons (Fsp3) is 0.136. The number of carbonyl (C=O) groups excluding carboxylic acids is 1. The molecule has 0 saturated heterocycles. The van der Waals surface area contributed by atoms with E-state index in [0.717, 1.165) is 33.0 Å². The van der Waals surface area contributed by atoms with Gasteiger partial charge in [0.1, 0.15) is 17.4 Å². The van der Waals surface area contributed by atoms with E-state index in [1.165, 1.54) is 11.3 Å². The first-order chi connectivity index (χ1) is 13.5. The van der Waals surface area contributed by atoms with Gasteiger partial charge in [0.05, 0.1) is 12.8 Å². The van der Waals surface area contributed by atoms with Crippen LogP contribution in [0.2, 0.25) is 0 Å². The molecule has 0 fully saturated rings. The van der Waals surface area contributed by atoms with Crippen molar-refractivity contribution < 1.29 is 9.53 Å². The molecule has 0 bridgehead atoms. The largest absolute Gasteiger partial charge is 0.496 e. The van der Waals surface area contributed by atoms with E-state index in [0.29, 0.717) is 5.13 Å². The number of thiazole rings is 1. The summed E-state index contributed by atoms with van der Waals surface area (Å²) in [5, 5.41) is 12.5. The van der Waals surface area contributed by atoms with Gasteiger partial charge in [0.2, 0.25) is 0 Å². The van der Waals surface area contributed by atoms with Gasteiger partial charge in [0, 0.05) is 10.4 Å². The zero-order valence-corrected chi connectivity index (χ0v) is 16.6. The number of amides is 1. The van der Waals surface area contributed by atoms with Crippen LogP contribution in [0.25, 0.3) is 17.3 Å². The lowest BCUT2D eigenvalue weighted by atomic mass is 10.1. The van der Waals surface area contributed by atoms with Gasteiger partial charge in [-0.15, -0.1) is 11.3 Å². The molecule has 6 heteroatoms. The van der Waals surface area contributed by atoms with Gasteiger partial charge in [0.25, 0.3) is 5.91 Å². The molecular weight excluding hydrogens is 370 g/mol. The van der Waals surface area contributed by atoms with Crippen LogP contribution in [-0.2, 0) is 4.79 Å². The predicted octanol–water partition coefficient (Wildman–Crippen LogP) is 4.98. The maximum atomic E-state index is 12.5. The minimum atomic E-state index is -0.474. The van der Waals surface area contributed by atoms with Gasteiger partial charge in [-0.2, -0.15) is 5.26 Å². The standard InChI is InChI=1S/C22H19N3O2S/c1-14-11-17(9-10-19(14)27-3)20-15(2)28-22(24-20)25-21(26)18(13-23)12-16-7-5-4-6-8-16/h4-12H,1-3H3,(H,24,25,26)/b18-12+. The highest BCUT2D eigenvalue weighted by Gasteiger charge is 2.15. The van der Waals surface area contributed by atoms with E-state index in [1.54, 1.807) is 13.2 Å². The number of hydrogen-bond acceptors (Lipinski definition) is 5. The lowest BCUT2D eigenvalue weighted by Crippen LogP contribution is -2.13. The number of nitrogens with one attached hydrogen (secondary N) is 1. The highest BCUT2D eigenvalue weighted by molar-refractivity contribution is 7.16. The van der Waals surface area contributed by atoms with Crippen LogP contribution in [-0.4, -0.2) is 18.0 Å². The molecule has 0 radical (unpaired) electrons. The fourth-order valence-corrected chi connectivity index (χ4v) is 3.60. The summed E-state index contributed by atoms with van der Waals surface area (Å²) in [5.74, 6) is 0.340. The van der Waals surface area contributed by atoms with Gasteiger partial charge in [-0.05, 0) is 49.2 Å². The Kier molecular flexibility index (Phi) is 5.87. The average molecular weight is 389 g/mol. The molecule has 140 valence electrons. The molecule has 3 rings (SSSR count). The number of benzene rings is 2. The van der Waals surface area contributed by atoms with E-state index in [9.17, 15) is 10.1 Å². The molecule has 1 heterocycles. The normalized spacial score (nSPS) is 11.0. The van der Waals surface area contributed by atoms with Gasteiger partial charge < -0.3 is 4.74 Å². The number of hydrogen-bond donors (Lipinski definition) is 1. The first-order valence-electron chi connectivity index (χ1n) is 8.62. The van der Waals surface area contributed by atoms with Crippen molar-refractivity contribution >= 4 is 28.5 Å². The molecule has 0 unspecified atom stereocenters. The average Bonchev–Trinajstić information content (AvgIpc) is 3.06. The lowest BCUT2D eigenvalue weighted by molar-refractivity contribution is -0.112. The van der Waals surface area contributed by atoms with Crippen molar-refractivity contribution in [2.24, 2.45) is 0 Å². The molecule has 0 atom stereocenters. The lowest BCUT2D eigenvalue weighted by Gasteiger charge is -2.06. The van der Waals surface area contributed by atoms with Crippen molar-refractivity contribution in [3.8, 4) is 23.1 Å². The number of nitriles is 1. The maximum absolute atomic E-state index is 12.5. The molecule has 0 aliphatic carbocycles. The Morgan fingerprint density at radius 3 is 2.61 bits per heavy atom. The van der Waals surface area contributed by atoms with Gasteiger partial charge in [-0.3, -0.25) is 10.1 Å². The van der Waals surface area contributed by atoms with Crippen LogP contribution in [0, 0.1) is 25.2 Å². The molecule has 2 aromatic carbocycles. The van der Waals surface area contributed by atoms with Crippen LogP contribution in [0.5, 0.6) is 5.75 Å². The van der Waals surface area contributed by atoms with Gasteiger partial charge in [-0.25, -0.2) is 4.98 Å². The number of nitrogens with zero attached hydrogens (tertiary/aromatic N) is 2. The summed E-state index contributed by atoms with van der Waals surface area (Å²) in [4.78, 5) is 18.0. The molecule has 1 N–H and O–H groups in total. The summed E-state index contributed by atoms with van der Waals surface area (Å²) in [7, 11) is 1.64. The SMILES string of the molecule is COc1ccc(-c2nc(NC(=O)/C(C#N)=C/c3ccccc3)sc2C)cc1C. The minimum absolute atomic E-state index is 0.0286. The quantitative estimate of drug-likeness (QED) is 0.493. The first kappa shape index (κ1) is 19.3. The van der Waals surface area contributed by atoms with E-state index in [1.807, 2.05) is 68.4 Å². The second-order valence-corrected chi connectivity index (χ2v) is 7.35. The molecule has 0 aliphatic heterocycles. The minimum Gasteiger partial charge on any atom is -0.496 e. The molecule has 3 aromatic rings. The van der Waals surface area contributed by atoms with E-state index < -0.39 is 5.91 Å². The van der Waals surface area contributed by atoms with Crippen molar-refractivity contribution in [3.63, 3.8) is 0 Å². The van der Waals surface area contributed by atoms with Gasteiger partial charge in [-0.1, -0.05) is 30.3 Å². The Labute approximate surface area is 167 Å². The van der Waals surface area contributed by atoms with Gasteiger partial charge >= 0.3 is 0 Å². The maximum Gasteiger partial charge on any atom is 0.268 e. The Balaban J connectivity index is 1.83. The molecule has 5 nitrogen and oxygen atoms in total. The van der Waals surface area contributed by atoms with Crippen LogP contribution in [0.1, 0.15) is 16.0 Å². The summed E-state index contributed by atoms with van der Waals surface area (Å²) in [6, 6.07) is 17.1. The second-order valence-electron chi connectivity index (χ2n) is 6.14. The Morgan fingerprint density at radius 2 is 1.96 bits per heavy atom. The molecule has 28 heavy (non-hydrogen) atoms. The number of carbonyl (C=O) groups is 1. The number of methoxy groups -OCH3 is 1. The zero-order valence-electron chi connectivity index (χ0n) is 15.8. The predicted molar refractivity (Wildman–Crippen MR) is 112 cm³/mol. The third kappa shape index (κ3) is 4.27. The van der Waals surface area contributed by atoms with Crippen molar-refractivity contribution in [2.75, 3.05) is 12.4 Å². The first-order valence-corrected chi connectivity index (χ1v) is 9.44. The summed E-state index contributed by atoms with van der Waals surface area (Å²) < 4.78 is 5.30. The van der Waals surface area contributed by atoms with Crippen molar-refractivity contribution in [2.45, 2.75) is 13.8 Å². The molecular formula is C22H19N3O2S. The third-order valence-corrected chi connectivity index (χ3v) is 5.05. The van der Waals surface area contributed by atoms with Crippen molar-refractivity contribution in [1.29, 1.82) is 5.26 Å². The molecule has 0 spiro atoms. The Hall–Kier alpha value is -3.43. The highest BCUT2D eigenvalue weighted by atomic mass is 32.1. The molecule has 0 saturated carbocycles. The van der Waals surface area contributed by atoms with Gasteiger partial charge in [0.15, 0.2) is 5.13 Å². The highest BCUT2D eigenvalue weighted by Crippen LogP contribution is 2.32. The number of ether oxygens (including phenoxy) is 1. The summed E-state index contributed by atoms with van der Waals surface area (Å²) in [5.41, 5.74) is 3.58.